The summed E-state index contributed by atoms with van der Waals surface area (Å²) in [6.45, 7) is 8.20. The lowest BCUT2D eigenvalue weighted by molar-refractivity contribution is 0.0997. The highest BCUT2D eigenvalue weighted by Crippen LogP contribution is 2.35. The Morgan fingerprint density at radius 3 is 2.89 bits per heavy atom. The third-order valence-electron chi connectivity index (χ3n) is 4.73. The molecule has 0 atom stereocenters. The van der Waals surface area contributed by atoms with Gasteiger partial charge in [-0.2, -0.15) is 10.1 Å². The fourth-order valence-corrected chi connectivity index (χ4v) is 4.75. The number of amides is 1. The first kappa shape index (κ1) is 17.9. The summed E-state index contributed by atoms with van der Waals surface area (Å²) in [5.41, 5.74) is 4.17. The number of aromatic nitrogens is 4. The van der Waals surface area contributed by atoms with Crippen LogP contribution in [0.4, 0.5) is 0 Å². The lowest BCUT2D eigenvalue weighted by Gasteiger charge is -2.17. The number of hydrogen-bond acceptors (Lipinski definition) is 4. The molecular weight excluding hydrogens is 358 g/mol. The Morgan fingerprint density at radius 1 is 1.33 bits per heavy atom. The highest BCUT2D eigenvalue weighted by Gasteiger charge is 2.26. The van der Waals surface area contributed by atoms with Crippen molar-refractivity contribution >= 4 is 17.2 Å². The van der Waals surface area contributed by atoms with Gasteiger partial charge < -0.3 is 4.57 Å². The Kier molecular flexibility index (Phi) is 4.78. The molecule has 0 aliphatic heterocycles. The molecule has 1 amide bonds. The predicted octanol–water partition coefficient (Wildman–Crippen LogP) is 3.32. The first-order chi connectivity index (χ1) is 13.1. The molecule has 0 spiro atoms. The Labute approximate surface area is 162 Å². The van der Waals surface area contributed by atoms with Crippen LogP contribution in [0.3, 0.4) is 0 Å². The van der Waals surface area contributed by atoms with Crippen LogP contribution >= 0.6 is 11.3 Å². The molecule has 27 heavy (non-hydrogen) atoms. The van der Waals surface area contributed by atoms with Crippen molar-refractivity contribution in [2.24, 2.45) is 10.9 Å². The molecule has 3 heterocycles. The lowest BCUT2D eigenvalue weighted by atomic mass is 9.99. The second kappa shape index (κ2) is 7.23. The van der Waals surface area contributed by atoms with E-state index in [1.807, 2.05) is 6.20 Å². The summed E-state index contributed by atoms with van der Waals surface area (Å²) in [6, 6.07) is 3.50. The van der Waals surface area contributed by atoms with E-state index < -0.39 is 0 Å². The van der Waals surface area contributed by atoms with Gasteiger partial charge in [0.1, 0.15) is 0 Å². The summed E-state index contributed by atoms with van der Waals surface area (Å²) in [6.07, 6.45) is 7.14. The van der Waals surface area contributed by atoms with E-state index in [0.717, 1.165) is 30.7 Å². The van der Waals surface area contributed by atoms with Crippen LogP contribution in [0.5, 0.6) is 0 Å². The minimum Gasteiger partial charge on any atom is -0.316 e. The normalized spacial score (nSPS) is 13.7. The van der Waals surface area contributed by atoms with Crippen molar-refractivity contribution in [2.75, 3.05) is 0 Å². The standard InChI is InChI=1S/C20H23N5OS/c1-4-24-18-15-11-22-25(12-13(2)3)16(15)7-8-17(18)27-20(24)23-19(26)14-6-5-9-21-10-14/h5-6,9-11,13H,4,7-8,12H2,1-3H3. The molecule has 6 nitrogen and oxygen atoms in total. The summed E-state index contributed by atoms with van der Waals surface area (Å²) >= 11 is 1.61. The molecule has 7 heteroatoms. The molecule has 0 saturated heterocycles. The number of hydrogen-bond donors (Lipinski definition) is 0. The van der Waals surface area contributed by atoms with Crippen LogP contribution in [-0.2, 0) is 25.9 Å². The second-order valence-corrected chi connectivity index (χ2v) is 8.20. The first-order valence-electron chi connectivity index (χ1n) is 9.35. The van der Waals surface area contributed by atoms with Crippen molar-refractivity contribution in [2.45, 2.75) is 46.7 Å². The fourth-order valence-electron chi connectivity index (χ4n) is 3.55. The molecule has 0 bridgehead atoms. The molecule has 0 radical (unpaired) electrons. The van der Waals surface area contributed by atoms with Gasteiger partial charge in [-0.25, -0.2) is 0 Å². The SMILES string of the molecule is CCn1c2c(sc1=NC(=O)c1cccnc1)CCc1c-2cnn1CC(C)C. The molecule has 1 aliphatic carbocycles. The molecule has 140 valence electrons. The van der Waals surface area contributed by atoms with Crippen molar-refractivity contribution in [1.82, 2.24) is 19.3 Å². The quantitative estimate of drug-likeness (QED) is 0.696. The zero-order valence-corrected chi connectivity index (χ0v) is 16.7. The number of aryl methyl sites for hydroxylation is 1. The Balaban J connectivity index is 1.80. The lowest BCUT2D eigenvalue weighted by Crippen LogP contribution is -2.18. The maximum atomic E-state index is 12.5. The van der Waals surface area contributed by atoms with Crippen LogP contribution < -0.4 is 4.80 Å². The van der Waals surface area contributed by atoms with Crippen molar-refractivity contribution in [1.29, 1.82) is 0 Å². The summed E-state index contributed by atoms with van der Waals surface area (Å²) in [5.74, 6) is 0.304. The first-order valence-corrected chi connectivity index (χ1v) is 10.2. The molecule has 0 N–H and O–H groups in total. The number of nitrogens with zero attached hydrogens (tertiary/aromatic N) is 5. The third kappa shape index (κ3) is 3.27. The molecule has 0 saturated carbocycles. The van der Waals surface area contributed by atoms with E-state index in [4.69, 9.17) is 0 Å². The smallest absolute Gasteiger partial charge is 0.281 e. The van der Waals surface area contributed by atoms with Gasteiger partial charge in [0.25, 0.3) is 5.91 Å². The number of thiazole rings is 1. The van der Waals surface area contributed by atoms with Gasteiger partial charge in [0.05, 0.1) is 17.5 Å². The van der Waals surface area contributed by atoms with Crippen molar-refractivity contribution in [3.05, 3.63) is 51.7 Å². The maximum Gasteiger partial charge on any atom is 0.281 e. The van der Waals surface area contributed by atoms with E-state index in [1.54, 1.807) is 35.9 Å². The number of rotatable bonds is 4. The van der Waals surface area contributed by atoms with Gasteiger partial charge >= 0.3 is 0 Å². The highest BCUT2D eigenvalue weighted by molar-refractivity contribution is 7.09. The van der Waals surface area contributed by atoms with Crippen LogP contribution in [-0.4, -0.2) is 25.2 Å². The zero-order valence-electron chi connectivity index (χ0n) is 15.8. The van der Waals surface area contributed by atoms with E-state index in [1.165, 1.54) is 21.8 Å². The number of pyridine rings is 1. The Morgan fingerprint density at radius 2 is 2.19 bits per heavy atom. The number of carbonyl (C=O) groups is 1. The second-order valence-electron chi connectivity index (χ2n) is 7.14. The average molecular weight is 382 g/mol. The van der Waals surface area contributed by atoms with Crippen LogP contribution in [0.15, 0.2) is 35.7 Å². The average Bonchev–Trinajstić information content (AvgIpc) is 3.22. The monoisotopic (exact) mass is 381 g/mol. The van der Waals surface area contributed by atoms with Crippen LogP contribution in [0.25, 0.3) is 11.3 Å². The van der Waals surface area contributed by atoms with Crippen molar-refractivity contribution < 1.29 is 4.79 Å². The van der Waals surface area contributed by atoms with Gasteiger partial charge in [0.15, 0.2) is 4.80 Å². The number of carbonyl (C=O) groups excluding carboxylic acids is 1. The zero-order chi connectivity index (χ0) is 19.0. The molecule has 0 aromatic carbocycles. The fraction of sp³-hybridized carbons (Fsp3) is 0.400. The Bertz CT molecular complexity index is 1040. The van der Waals surface area contributed by atoms with E-state index in [2.05, 4.69) is 45.1 Å². The van der Waals surface area contributed by atoms with E-state index in [9.17, 15) is 4.79 Å². The van der Waals surface area contributed by atoms with Gasteiger partial charge in [-0.3, -0.25) is 14.5 Å². The minimum absolute atomic E-state index is 0.250. The Hall–Kier alpha value is -2.54. The number of fused-ring (bicyclic) bond motifs is 3. The summed E-state index contributed by atoms with van der Waals surface area (Å²) < 4.78 is 4.28. The van der Waals surface area contributed by atoms with E-state index in [0.29, 0.717) is 11.5 Å². The topological polar surface area (TPSA) is 65.1 Å². The molecule has 3 aromatic rings. The molecule has 1 aliphatic rings. The summed E-state index contributed by atoms with van der Waals surface area (Å²) in [5, 5.41) is 4.63. The van der Waals surface area contributed by atoms with Crippen molar-refractivity contribution in [3.63, 3.8) is 0 Å². The summed E-state index contributed by atoms with van der Waals surface area (Å²) in [4.78, 5) is 23.0. The highest BCUT2D eigenvalue weighted by atomic mass is 32.1. The largest absolute Gasteiger partial charge is 0.316 e. The van der Waals surface area contributed by atoms with Crippen LogP contribution in [0.1, 0.15) is 41.7 Å². The van der Waals surface area contributed by atoms with Gasteiger partial charge in [-0.1, -0.05) is 13.8 Å². The van der Waals surface area contributed by atoms with Gasteiger partial charge in [0.2, 0.25) is 0 Å². The third-order valence-corrected chi connectivity index (χ3v) is 5.87. The van der Waals surface area contributed by atoms with Crippen LogP contribution in [0, 0.1) is 5.92 Å². The minimum atomic E-state index is -0.250. The predicted molar refractivity (Wildman–Crippen MR) is 106 cm³/mol. The molecule has 3 aromatic heterocycles. The summed E-state index contributed by atoms with van der Waals surface area (Å²) in [7, 11) is 0. The van der Waals surface area contributed by atoms with Gasteiger partial charge in [0, 0.05) is 41.6 Å². The van der Waals surface area contributed by atoms with E-state index >= 15 is 0 Å². The van der Waals surface area contributed by atoms with Crippen LogP contribution in [0.2, 0.25) is 0 Å². The molecule has 0 unspecified atom stereocenters. The van der Waals surface area contributed by atoms with Crippen molar-refractivity contribution in [3.8, 4) is 11.3 Å². The van der Waals surface area contributed by atoms with Gasteiger partial charge in [-0.15, -0.1) is 11.3 Å². The maximum absolute atomic E-state index is 12.5. The molecule has 0 fully saturated rings. The molecular formula is C20H23N5OS. The van der Waals surface area contributed by atoms with E-state index in [-0.39, 0.29) is 5.91 Å². The van der Waals surface area contributed by atoms with Gasteiger partial charge in [-0.05, 0) is 37.8 Å². The molecule has 4 rings (SSSR count).